The topological polar surface area (TPSA) is 258 Å². The van der Waals surface area contributed by atoms with E-state index in [2.05, 4.69) is 67.6 Å². The third-order valence-electron chi connectivity index (χ3n) is 20.2. The van der Waals surface area contributed by atoms with Gasteiger partial charge >= 0.3 is 0 Å². The molecule has 3 fully saturated rings. The van der Waals surface area contributed by atoms with Gasteiger partial charge in [0.05, 0.1) is 30.1 Å². The van der Waals surface area contributed by atoms with Crippen molar-refractivity contribution in [3.8, 4) is 0 Å². The Morgan fingerprint density at radius 2 is 0.931 bits per heavy atom. The molecule has 16 rings (SSSR count). The maximum atomic E-state index is 13.9. The number of fused-ring (bicyclic) bond motifs is 5. The summed E-state index contributed by atoms with van der Waals surface area (Å²) in [5.74, 6) is 0.576. The van der Waals surface area contributed by atoms with Crippen LogP contribution in [0, 0.1) is 11.6 Å². The normalized spacial score (nSPS) is 18.1. The highest BCUT2D eigenvalue weighted by molar-refractivity contribution is 7.90. The molecular formula is C75H87ClF2N10O10S4. The second-order valence-electron chi connectivity index (χ2n) is 26.7. The van der Waals surface area contributed by atoms with Crippen molar-refractivity contribution in [3.05, 3.63) is 197 Å². The number of carbonyl (C=O) groups is 1. The second-order valence-corrected chi connectivity index (χ2v) is 35.4. The van der Waals surface area contributed by atoms with Crippen molar-refractivity contribution in [3.63, 3.8) is 0 Å². The number of nitrogens with zero attached hydrogens (tertiary/aromatic N) is 5. The number of amides is 1. The maximum Gasteiger partial charge on any atom is 0.219 e. The molecule has 10 aromatic rings. The number of sulfonamides is 4. The van der Waals surface area contributed by atoms with Crippen LogP contribution in [0.3, 0.4) is 0 Å². The van der Waals surface area contributed by atoms with Crippen LogP contribution in [0.4, 0.5) is 8.78 Å². The van der Waals surface area contributed by atoms with E-state index in [4.69, 9.17) is 16.3 Å². The molecule has 5 aromatic heterocycles. The first-order chi connectivity index (χ1) is 48.9. The van der Waals surface area contributed by atoms with Gasteiger partial charge < -0.3 is 34.6 Å². The molecule has 5 N–H and O–H groups in total. The Bertz CT molecular complexity index is 5260. The fraction of sp³-hybridized carbons (Fsp3) is 0.373. The van der Waals surface area contributed by atoms with Crippen LogP contribution in [0.15, 0.2) is 152 Å². The number of ether oxygens (including phenoxy) is 1. The van der Waals surface area contributed by atoms with Crippen molar-refractivity contribution < 1.29 is 52.0 Å². The Morgan fingerprint density at radius 3 is 1.38 bits per heavy atom. The van der Waals surface area contributed by atoms with Gasteiger partial charge in [-0.1, -0.05) is 84.4 Å². The number of para-hydroxylation sites is 2. The number of H-pyrrole nitrogens is 5. The summed E-state index contributed by atoms with van der Waals surface area (Å²) in [5, 5.41) is 5.49. The molecule has 102 heavy (non-hydrogen) atoms. The molecule has 27 heteroatoms. The summed E-state index contributed by atoms with van der Waals surface area (Å²) >= 11 is 5.98. The molecule has 5 aromatic carbocycles. The molecule has 6 aliphatic rings. The highest BCUT2D eigenvalue weighted by atomic mass is 35.5. The summed E-state index contributed by atoms with van der Waals surface area (Å²) in [6.07, 6.45) is 25.5. The molecule has 0 radical (unpaired) electrons. The Morgan fingerprint density at radius 1 is 0.490 bits per heavy atom. The van der Waals surface area contributed by atoms with Gasteiger partial charge in [0.15, 0.2) is 0 Å². The number of halogens is 3. The summed E-state index contributed by atoms with van der Waals surface area (Å²) in [5.41, 5.74) is 13.7. The van der Waals surface area contributed by atoms with E-state index in [0.29, 0.717) is 99.5 Å². The van der Waals surface area contributed by atoms with Crippen LogP contribution < -0.4 is 0 Å². The van der Waals surface area contributed by atoms with Gasteiger partial charge in [-0.25, -0.2) is 51.1 Å². The zero-order chi connectivity index (χ0) is 72.1. The SMILES string of the molecule is CC(=O)N1CC=C(c2c[nH]c3cccc(F)c23)CC1.COCCS(=O)(=O)N1CCC(c2c[nH]c3ccccc23)CC1.CS(=O)(=O)N1CC=C(c2c[nH]c3cc(Cl)ccc23)CC1.CS(=O)(=O)N1CC=C(c2c[nH]c3cccc(F)c23)CC1.O=S(=O)(C1CC1)N1CCC(c2c[nH]c3ccccc23)CC1. The molecule has 20 nitrogen and oxygen atoms in total. The van der Waals surface area contributed by atoms with Crippen molar-refractivity contribution in [2.45, 2.75) is 81.8 Å². The number of carbonyl (C=O) groups excluding carboxylic acids is 1. The smallest absolute Gasteiger partial charge is 0.219 e. The van der Waals surface area contributed by atoms with E-state index < -0.39 is 40.1 Å². The summed E-state index contributed by atoms with van der Waals surface area (Å²) in [6.45, 7) is 7.40. The lowest BCUT2D eigenvalue weighted by atomic mass is 9.90. The Hall–Kier alpha value is -7.76. The molecule has 1 saturated carbocycles. The summed E-state index contributed by atoms with van der Waals surface area (Å²) in [7, 11) is -10.9. The Balaban J connectivity index is 0.000000120. The minimum Gasteiger partial charge on any atom is -0.384 e. The lowest BCUT2D eigenvalue weighted by molar-refractivity contribution is -0.128. The number of rotatable bonds is 13. The Kier molecular flexibility index (Phi) is 23.0. The van der Waals surface area contributed by atoms with E-state index in [9.17, 15) is 47.2 Å². The zero-order valence-corrected chi connectivity index (χ0v) is 61.6. The summed E-state index contributed by atoms with van der Waals surface area (Å²) in [6, 6.07) is 32.3. The molecule has 5 aliphatic heterocycles. The van der Waals surface area contributed by atoms with Crippen molar-refractivity contribution in [1.29, 1.82) is 0 Å². The average Bonchev–Trinajstić information content (AvgIpc) is 1.64. The molecule has 1 aliphatic carbocycles. The molecular weight excluding hydrogens is 1400 g/mol. The summed E-state index contributed by atoms with van der Waals surface area (Å²) in [4.78, 5) is 29.1. The first-order valence-electron chi connectivity index (χ1n) is 34.5. The number of aromatic amines is 5. The number of nitrogens with one attached hydrogen (secondary N) is 5. The first-order valence-corrected chi connectivity index (χ1v) is 41.6. The van der Waals surface area contributed by atoms with Gasteiger partial charge in [-0.05, 0) is 146 Å². The van der Waals surface area contributed by atoms with Gasteiger partial charge in [-0.3, -0.25) is 4.79 Å². The van der Waals surface area contributed by atoms with E-state index >= 15 is 0 Å². The number of hydrogen-bond acceptors (Lipinski definition) is 10. The fourth-order valence-corrected chi connectivity index (χ4v) is 19.4. The quantitative estimate of drug-likeness (QED) is 0.0729. The molecule has 0 atom stereocenters. The number of methoxy groups -OCH3 is 1. The van der Waals surface area contributed by atoms with E-state index in [1.54, 1.807) is 38.8 Å². The average molecular weight is 1490 g/mol. The van der Waals surface area contributed by atoms with Crippen molar-refractivity contribution in [1.82, 2.24) is 47.0 Å². The van der Waals surface area contributed by atoms with Gasteiger partial charge in [-0.15, -0.1) is 0 Å². The van der Waals surface area contributed by atoms with Crippen LogP contribution >= 0.6 is 11.6 Å². The highest BCUT2D eigenvalue weighted by Crippen LogP contribution is 2.40. The predicted molar refractivity (Wildman–Crippen MR) is 404 cm³/mol. The number of aromatic nitrogens is 5. The lowest BCUT2D eigenvalue weighted by Crippen LogP contribution is -2.39. The molecule has 2 saturated heterocycles. The zero-order valence-electron chi connectivity index (χ0n) is 57.6. The van der Waals surface area contributed by atoms with E-state index in [0.717, 1.165) is 107 Å². The van der Waals surface area contributed by atoms with Gasteiger partial charge in [0.1, 0.15) is 11.6 Å². The largest absolute Gasteiger partial charge is 0.384 e. The molecule has 542 valence electrons. The van der Waals surface area contributed by atoms with Crippen molar-refractivity contribution in [2.24, 2.45) is 0 Å². The number of piperidine rings is 2. The third kappa shape index (κ3) is 17.0. The van der Waals surface area contributed by atoms with Gasteiger partial charge in [-0.2, -0.15) is 8.61 Å². The molecule has 0 spiro atoms. The summed E-state index contributed by atoms with van der Waals surface area (Å²) < 4.78 is 134. The van der Waals surface area contributed by atoms with Crippen LogP contribution in [0.5, 0.6) is 0 Å². The minimum absolute atomic E-state index is 0.0707. The third-order valence-corrected chi connectivity index (χ3v) is 27.2. The van der Waals surface area contributed by atoms with Crippen LogP contribution in [-0.4, -0.2) is 189 Å². The van der Waals surface area contributed by atoms with Crippen LogP contribution in [0.2, 0.25) is 5.02 Å². The highest BCUT2D eigenvalue weighted by Gasteiger charge is 2.41. The van der Waals surface area contributed by atoms with E-state index in [1.807, 2.05) is 79.2 Å². The minimum atomic E-state index is -3.18. The maximum absolute atomic E-state index is 13.9. The van der Waals surface area contributed by atoms with Crippen molar-refractivity contribution in [2.75, 3.05) is 97.4 Å². The molecule has 1 amide bonds. The van der Waals surface area contributed by atoms with Gasteiger partial charge in [0.25, 0.3) is 0 Å². The van der Waals surface area contributed by atoms with Crippen molar-refractivity contribution >= 4 is 129 Å². The van der Waals surface area contributed by atoms with Gasteiger partial charge in [0.2, 0.25) is 46.0 Å². The van der Waals surface area contributed by atoms with Crippen LogP contribution in [0.25, 0.3) is 71.2 Å². The fourth-order valence-electron chi connectivity index (χ4n) is 14.4. The van der Waals surface area contributed by atoms with Crippen LogP contribution in [-0.2, 0) is 49.6 Å². The Labute approximate surface area is 600 Å². The lowest BCUT2D eigenvalue weighted by Gasteiger charge is -2.31. The standard InChI is InChI=1S/C16H22N2O3S.C16H20N2O2S.C15H15FN2O.C14H15ClN2O2S.C14H15FN2O2S/c1-21-10-11-22(19,20)18-8-6-13(7-9-18)15-12-17-16-5-3-2-4-14(15)16;19-21(20,13-5-6-13)18-9-7-12(8-10-18)15-11-17-16-4-2-1-3-14(15)16;1-10(19)18-7-5-11(6-8-18)12-9-17-14-4-2-3-13(16)15(12)14;1-20(18,19)17-6-4-10(5-7-17)13-9-16-14-8-11(15)2-3-12(13)14;1-20(18,19)17-7-5-10(6-8-17)11-9-16-13-4-2-3-12(15)14(11)13/h2-5,12-13,17H,6-11H2,1H3;1-4,11-13,17H,5-10H2;2-5,9,17H,6-8H2,1H3;2-4,8-9,16H,5-7H2,1H3;2-5,9,16H,6-8H2,1H3. The van der Waals surface area contributed by atoms with Gasteiger partial charge in [0, 0.05) is 187 Å². The molecule has 0 bridgehead atoms. The number of hydrogen-bond donors (Lipinski definition) is 5. The van der Waals surface area contributed by atoms with Crippen LogP contribution in [0.1, 0.15) is 104 Å². The predicted octanol–water partition coefficient (Wildman–Crippen LogP) is 13.3. The monoisotopic (exact) mass is 1490 g/mol. The first kappa shape index (κ1) is 74.0. The molecule has 0 unspecified atom stereocenters. The second kappa shape index (κ2) is 31.7. The number of benzene rings is 5. The molecule has 10 heterocycles. The van der Waals surface area contributed by atoms with E-state index in [-0.39, 0.29) is 35.2 Å². The van der Waals surface area contributed by atoms with E-state index in [1.165, 1.54) is 73.4 Å².